The highest BCUT2D eigenvalue weighted by Crippen LogP contribution is 2.25. The quantitative estimate of drug-likeness (QED) is 0.407. The number of carbonyl (C=O) groups excluding carboxylic acids is 1. The maximum Gasteiger partial charge on any atom is 0.242 e. The third kappa shape index (κ3) is 4.88. The lowest BCUT2D eigenvalue weighted by molar-refractivity contribution is -0.135. The molecule has 0 N–H and O–H groups in total. The van der Waals surface area contributed by atoms with Gasteiger partial charge in [0.05, 0.1) is 38.0 Å². The number of hydrogen-bond acceptors (Lipinski definition) is 6. The van der Waals surface area contributed by atoms with Crippen LogP contribution in [0.5, 0.6) is 11.5 Å². The number of carbonyl (C=O) groups is 1. The molecular weight excluding hydrogens is 402 g/mol. The summed E-state index contributed by atoms with van der Waals surface area (Å²) in [7, 11) is 1.64. The molecule has 1 aromatic heterocycles. The number of benzene rings is 2. The van der Waals surface area contributed by atoms with Gasteiger partial charge in [-0.2, -0.15) is 0 Å². The minimum absolute atomic E-state index is 0.0952. The highest BCUT2D eigenvalue weighted by Gasteiger charge is 2.20. The molecule has 0 atom stereocenters. The molecule has 0 unspecified atom stereocenters. The van der Waals surface area contributed by atoms with E-state index in [1.165, 1.54) is 0 Å². The Bertz CT molecular complexity index is 984. The van der Waals surface area contributed by atoms with E-state index < -0.39 is 0 Å². The monoisotopic (exact) mass is 427 g/mol. The first-order valence-electron chi connectivity index (χ1n) is 9.95. The topological polar surface area (TPSA) is 65.8 Å². The number of thioether (sulfide) groups is 1. The van der Waals surface area contributed by atoms with Gasteiger partial charge in [-0.05, 0) is 36.4 Å². The van der Waals surface area contributed by atoms with Crippen LogP contribution in [-0.4, -0.2) is 66.1 Å². The van der Waals surface area contributed by atoms with Gasteiger partial charge in [-0.3, -0.25) is 4.79 Å². The third-order valence-corrected chi connectivity index (χ3v) is 5.86. The van der Waals surface area contributed by atoms with Crippen LogP contribution in [0, 0.1) is 0 Å². The third-order valence-electron chi connectivity index (χ3n) is 4.92. The summed E-state index contributed by atoms with van der Waals surface area (Å²) in [6, 6.07) is 15.4. The van der Waals surface area contributed by atoms with Gasteiger partial charge in [-0.1, -0.05) is 23.9 Å². The first-order valence-corrected chi connectivity index (χ1v) is 10.9. The molecule has 4 rings (SSSR count). The lowest BCUT2D eigenvalue weighted by Crippen LogP contribution is -2.42. The summed E-state index contributed by atoms with van der Waals surface area (Å²) < 4.78 is 18.3. The van der Waals surface area contributed by atoms with Gasteiger partial charge in [0.2, 0.25) is 5.91 Å². The van der Waals surface area contributed by atoms with E-state index in [4.69, 9.17) is 19.2 Å². The van der Waals surface area contributed by atoms with Crippen molar-refractivity contribution in [3.8, 4) is 11.5 Å². The van der Waals surface area contributed by atoms with Gasteiger partial charge in [0.1, 0.15) is 18.0 Å². The zero-order valence-electron chi connectivity index (χ0n) is 17.0. The summed E-state index contributed by atoms with van der Waals surface area (Å²) in [6.45, 7) is 3.30. The molecule has 2 heterocycles. The Morgan fingerprint density at radius 1 is 1.10 bits per heavy atom. The SMILES string of the molecule is COc1ccc(OCCSc2nc3ccccc3n2CC(=O)N2CCOCC2)cc1. The van der Waals surface area contributed by atoms with E-state index in [1.807, 2.05) is 58.0 Å². The van der Waals surface area contributed by atoms with Crippen LogP contribution in [0.3, 0.4) is 0 Å². The minimum Gasteiger partial charge on any atom is -0.497 e. The lowest BCUT2D eigenvalue weighted by atomic mass is 10.3. The van der Waals surface area contributed by atoms with Crippen LogP contribution in [0.1, 0.15) is 0 Å². The molecule has 3 aromatic rings. The summed E-state index contributed by atoms with van der Waals surface area (Å²) >= 11 is 1.60. The van der Waals surface area contributed by atoms with Crippen LogP contribution in [0.25, 0.3) is 11.0 Å². The van der Waals surface area contributed by atoms with E-state index in [-0.39, 0.29) is 12.5 Å². The molecule has 158 valence electrons. The standard InChI is InChI=1S/C22H25N3O4S/c1-27-17-6-8-18(9-7-17)29-14-15-30-22-23-19-4-2-3-5-20(19)25(22)16-21(26)24-10-12-28-13-11-24/h2-9H,10-16H2,1H3. The summed E-state index contributed by atoms with van der Waals surface area (Å²) in [5, 5.41) is 0.830. The number of aromatic nitrogens is 2. The largest absolute Gasteiger partial charge is 0.497 e. The molecule has 0 saturated carbocycles. The zero-order valence-corrected chi connectivity index (χ0v) is 17.8. The molecule has 1 aliphatic rings. The van der Waals surface area contributed by atoms with Crippen LogP contribution in [0.2, 0.25) is 0 Å². The normalized spacial score (nSPS) is 14.1. The fraction of sp³-hybridized carbons (Fsp3) is 0.364. The second-order valence-corrected chi connectivity index (χ2v) is 7.90. The van der Waals surface area contributed by atoms with E-state index in [0.717, 1.165) is 33.4 Å². The number of fused-ring (bicyclic) bond motifs is 1. The summed E-state index contributed by atoms with van der Waals surface area (Å²) in [4.78, 5) is 19.4. The number of para-hydroxylation sites is 2. The van der Waals surface area contributed by atoms with Gasteiger partial charge in [0.25, 0.3) is 0 Å². The van der Waals surface area contributed by atoms with Gasteiger partial charge < -0.3 is 23.7 Å². The molecule has 1 fully saturated rings. The van der Waals surface area contributed by atoms with Gasteiger partial charge >= 0.3 is 0 Å². The minimum atomic E-state index is 0.0952. The maximum absolute atomic E-state index is 12.8. The van der Waals surface area contributed by atoms with Crippen molar-refractivity contribution in [2.75, 3.05) is 45.8 Å². The average Bonchev–Trinajstić information content (AvgIpc) is 3.15. The highest BCUT2D eigenvalue weighted by atomic mass is 32.2. The predicted molar refractivity (Wildman–Crippen MR) is 116 cm³/mol. The highest BCUT2D eigenvalue weighted by molar-refractivity contribution is 7.99. The Balaban J connectivity index is 1.41. The lowest BCUT2D eigenvalue weighted by Gasteiger charge is -2.27. The Kier molecular flexibility index (Phi) is 6.76. The van der Waals surface area contributed by atoms with E-state index >= 15 is 0 Å². The maximum atomic E-state index is 12.8. The fourth-order valence-electron chi connectivity index (χ4n) is 3.33. The smallest absolute Gasteiger partial charge is 0.242 e. The van der Waals surface area contributed by atoms with Crippen LogP contribution in [0.15, 0.2) is 53.7 Å². The molecular formula is C22H25N3O4S. The van der Waals surface area contributed by atoms with Crippen molar-refractivity contribution < 1.29 is 19.0 Å². The number of amides is 1. The average molecular weight is 428 g/mol. The van der Waals surface area contributed by atoms with E-state index in [1.54, 1.807) is 18.9 Å². The van der Waals surface area contributed by atoms with Crippen LogP contribution < -0.4 is 9.47 Å². The van der Waals surface area contributed by atoms with Crippen molar-refractivity contribution in [1.82, 2.24) is 14.5 Å². The van der Waals surface area contributed by atoms with E-state index in [0.29, 0.717) is 32.9 Å². The van der Waals surface area contributed by atoms with Gasteiger partial charge in [-0.15, -0.1) is 0 Å². The summed E-state index contributed by atoms with van der Waals surface area (Å²) in [5.74, 6) is 2.42. The van der Waals surface area contributed by atoms with Crippen molar-refractivity contribution >= 4 is 28.7 Å². The van der Waals surface area contributed by atoms with Gasteiger partial charge in [0, 0.05) is 18.8 Å². The summed E-state index contributed by atoms with van der Waals surface area (Å²) in [6.07, 6.45) is 0. The second kappa shape index (κ2) is 9.86. The first kappa shape index (κ1) is 20.6. The molecule has 0 aliphatic carbocycles. The van der Waals surface area contributed by atoms with Crippen molar-refractivity contribution in [3.05, 3.63) is 48.5 Å². The Labute approximate surface area is 179 Å². The van der Waals surface area contributed by atoms with E-state index in [9.17, 15) is 4.79 Å². The van der Waals surface area contributed by atoms with Crippen molar-refractivity contribution in [1.29, 1.82) is 0 Å². The zero-order chi connectivity index (χ0) is 20.8. The van der Waals surface area contributed by atoms with Crippen molar-refractivity contribution in [2.24, 2.45) is 0 Å². The van der Waals surface area contributed by atoms with Crippen LogP contribution in [-0.2, 0) is 16.1 Å². The molecule has 1 saturated heterocycles. The van der Waals surface area contributed by atoms with E-state index in [2.05, 4.69) is 0 Å². The Morgan fingerprint density at radius 2 is 1.83 bits per heavy atom. The summed E-state index contributed by atoms with van der Waals surface area (Å²) in [5.41, 5.74) is 1.86. The van der Waals surface area contributed by atoms with Crippen LogP contribution in [0.4, 0.5) is 0 Å². The molecule has 1 amide bonds. The Hall–Kier alpha value is -2.71. The molecule has 0 spiro atoms. The fourth-order valence-corrected chi connectivity index (χ4v) is 4.16. The van der Waals surface area contributed by atoms with Crippen molar-refractivity contribution in [2.45, 2.75) is 11.7 Å². The Morgan fingerprint density at radius 3 is 2.60 bits per heavy atom. The molecule has 8 heteroatoms. The number of imidazole rings is 1. The first-order chi connectivity index (χ1) is 14.7. The second-order valence-electron chi connectivity index (χ2n) is 6.83. The van der Waals surface area contributed by atoms with Gasteiger partial charge in [-0.25, -0.2) is 4.98 Å². The van der Waals surface area contributed by atoms with Crippen molar-refractivity contribution in [3.63, 3.8) is 0 Å². The predicted octanol–water partition coefficient (Wildman–Crippen LogP) is 3.07. The number of methoxy groups -OCH3 is 1. The molecule has 0 radical (unpaired) electrons. The number of hydrogen-bond donors (Lipinski definition) is 0. The molecule has 30 heavy (non-hydrogen) atoms. The number of morpholine rings is 1. The number of ether oxygens (including phenoxy) is 3. The number of nitrogens with zero attached hydrogens (tertiary/aromatic N) is 3. The molecule has 1 aliphatic heterocycles. The number of rotatable bonds is 8. The van der Waals surface area contributed by atoms with Crippen LogP contribution >= 0.6 is 11.8 Å². The molecule has 0 bridgehead atoms. The van der Waals surface area contributed by atoms with Gasteiger partial charge in [0.15, 0.2) is 5.16 Å². The molecule has 2 aromatic carbocycles. The molecule has 7 nitrogen and oxygen atoms in total.